The van der Waals surface area contributed by atoms with Gasteiger partial charge in [-0.15, -0.1) is 0 Å². The number of carbonyl (C=O) groups excluding carboxylic acids is 3. The third-order valence-electron chi connectivity index (χ3n) is 5.44. The summed E-state index contributed by atoms with van der Waals surface area (Å²) in [7, 11) is 0. The van der Waals surface area contributed by atoms with Gasteiger partial charge in [0.25, 0.3) is 5.69 Å². The van der Waals surface area contributed by atoms with E-state index in [9.17, 15) is 24.5 Å². The molecule has 0 radical (unpaired) electrons. The number of hydrogen-bond acceptors (Lipinski definition) is 6. The lowest BCUT2D eigenvalue weighted by Gasteiger charge is -2.09. The molecule has 0 aliphatic rings. The molecule has 0 N–H and O–H groups in total. The number of ketones is 2. The number of nitro groups is 1. The van der Waals surface area contributed by atoms with Crippen molar-refractivity contribution in [1.82, 2.24) is 0 Å². The first-order valence-electron chi connectivity index (χ1n) is 10.8. The second-order valence-corrected chi connectivity index (χ2v) is 8.15. The highest BCUT2D eigenvalue weighted by atomic mass is 35.5. The Labute approximate surface area is 211 Å². The van der Waals surface area contributed by atoms with Gasteiger partial charge in [0, 0.05) is 22.8 Å². The summed E-state index contributed by atoms with van der Waals surface area (Å²) in [5.41, 5.74) is 1.81. The van der Waals surface area contributed by atoms with E-state index in [1.807, 2.05) is 42.5 Å². The van der Waals surface area contributed by atoms with Crippen molar-refractivity contribution < 1.29 is 24.0 Å². The minimum absolute atomic E-state index is 0.0130. The van der Waals surface area contributed by atoms with Gasteiger partial charge in [-0.05, 0) is 29.3 Å². The Morgan fingerprint density at radius 1 is 0.750 bits per heavy atom. The fraction of sp³-hybridized carbons (Fsp3) is 0.0357. The molecule has 0 bridgehead atoms. The van der Waals surface area contributed by atoms with Gasteiger partial charge in [0.2, 0.25) is 0 Å². The van der Waals surface area contributed by atoms with Gasteiger partial charge >= 0.3 is 5.97 Å². The summed E-state index contributed by atoms with van der Waals surface area (Å²) >= 11 is 5.83. The number of nitro benzene ring substituents is 1. The first-order valence-corrected chi connectivity index (χ1v) is 11.2. The maximum atomic E-state index is 13.0. The molecule has 8 heteroatoms. The lowest BCUT2D eigenvalue weighted by atomic mass is 9.98. The second kappa shape index (κ2) is 10.8. The van der Waals surface area contributed by atoms with Gasteiger partial charge in [-0.3, -0.25) is 19.7 Å². The predicted molar refractivity (Wildman–Crippen MR) is 134 cm³/mol. The van der Waals surface area contributed by atoms with Crippen LogP contribution in [-0.2, 0) is 4.74 Å². The SMILES string of the molecule is O=C(COC(=O)c1ccccc1C(=O)c1ccc(Cl)c([N+](=O)[O-])c1)c1ccc(-c2ccccc2)cc1. The van der Waals surface area contributed by atoms with E-state index in [1.165, 1.54) is 24.3 Å². The summed E-state index contributed by atoms with van der Waals surface area (Å²) < 4.78 is 5.20. The summed E-state index contributed by atoms with van der Waals surface area (Å²) in [6.07, 6.45) is 0. The van der Waals surface area contributed by atoms with Gasteiger partial charge in [0.05, 0.1) is 10.5 Å². The molecule has 0 saturated heterocycles. The Morgan fingerprint density at radius 3 is 2.00 bits per heavy atom. The monoisotopic (exact) mass is 499 g/mol. The van der Waals surface area contributed by atoms with Gasteiger partial charge in [0.1, 0.15) is 5.02 Å². The molecule has 0 unspecified atom stereocenters. The van der Waals surface area contributed by atoms with Crippen molar-refractivity contribution in [3.8, 4) is 11.1 Å². The number of esters is 1. The third kappa shape index (κ3) is 5.37. The smallest absolute Gasteiger partial charge is 0.339 e. The van der Waals surface area contributed by atoms with E-state index in [0.717, 1.165) is 17.2 Å². The number of benzene rings is 4. The summed E-state index contributed by atoms with van der Waals surface area (Å²) in [6.45, 7) is -0.515. The van der Waals surface area contributed by atoms with Crippen molar-refractivity contribution in [2.24, 2.45) is 0 Å². The Balaban J connectivity index is 1.48. The zero-order valence-electron chi connectivity index (χ0n) is 18.7. The van der Waals surface area contributed by atoms with Crippen LogP contribution in [0.3, 0.4) is 0 Å². The molecule has 0 aromatic heterocycles. The van der Waals surface area contributed by atoms with Crippen LogP contribution in [0.15, 0.2) is 97.1 Å². The summed E-state index contributed by atoms with van der Waals surface area (Å²) in [6, 6.07) is 26.1. The first kappa shape index (κ1) is 24.5. The molecule has 0 saturated carbocycles. The van der Waals surface area contributed by atoms with Crippen LogP contribution in [0, 0.1) is 10.1 Å². The van der Waals surface area contributed by atoms with E-state index < -0.39 is 34.8 Å². The standard InChI is InChI=1S/C28H18ClNO6/c29-24-15-14-21(16-25(24)30(34)35)27(32)22-8-4-5-9-23(22)28(33)36-17-26(31)20-12-10-19(11-13-20)18-6-2-1-3-7-18/h1-16H,17H2. The van der Waals surface area contributed by atoms with E-state index in [4.69, 9.17) is 16.3 Å². The van der Waals surface area contributed by atoms with Gasteiger partial charge in [-0.2, -0.15) is 0 Å². The molecule has 0 aliphatic heterocycles. The van der Waals surface area contributed by atoms with Crippen LogP contribution in [0.2, 0.25) is 5.02 Å². The molecule has 4 rings (SSSR count). The lowest BCUT2D eigenvalue weighted by Crippen LogP contribution is -2.17. The molecule has 36 heavy (non-hydrogen) atoms. The van der Waals surface area contributed by atoms with Crippen molar-refractivity contribution in [2.75, 3.05) is 6.61 Å². The molecule has 178 valence electrons. The Kier molecular flexibility index (Phi) is 7.32. The average Bonchev–Trinajstić information content (AvgIpc) is 2.91. The number of rotatable bonds is 8. The highest BCUT2D eigenvalue weighted by Gasteiger charge is 2.23. The van der Waals surface area contributed by atoms with Crippen LogP contribution in [0.25, 0.3) is 11.1 Å². The van der Waals surface area contributed by atoms with Crippen molar-refractivity contribution >= 4 is 34.8 Å². The fourth-order valence-electron chi connectivity index (χ4n) is 3.58. The highest BCUT2D eigenvalue weighted by molar-refractivity contribution is 6.33. The van der Waals surface area contributed by atoms with Crippen molar-refractivity contribution in [3.05, 3.63) is 134 Å². The van der Waals surface area contributed by atoms with Crippen LogP contribution >= 0.6 is 11.6 Å². The molecular formula is C28H18ClNO6. The Morgan fingerprint density at radius 2 is 1.33 bits per heavy atom. The van der Waals surface area contributed by atoms with Crippen LogP contribution in [-0.4, -0.2) is 29.1 Å². The lowest BCUT2D eigenvalue weighted by molar-refractivity contribution is -0.384. The zero-order chi connectivity index (χ0) is 25.7. The normalized spacial score (nSPS) is 10.5. The molecule has 4 aromatic rings. The van der Waals surface area contributed by atoms with E-state index >= 15 is 0 Å². The molecule has 0 aliphatic carbocycles. The molecule has 7 nitrogen and oxygen atoms in total. The topological polar surface area (TPSA) is 104 Å². The number of ether oxygens (including phenoxy) is 1. The Hall–Kier alpha value is -4.62. The second-order valence-electron chi connectivity index (χ2n) is 7.74. The van der Waals surface area contributed by atoms with Crippen molar-refractivity contribution in [2.45, 2.75) is 0 Å². The zero-order valence-corrected chi connectivity index (χ0v) is 19.5. The molecule has 0 fully saturated rings. The van der Waals surface area contributed by atoms with Gasteiger partial charge in [0.15, 0.2) is 18.2 Å². The first-order chi connectivity index (χ1) is 17.3. The molecule has 0 heterocycles. The van der Waals surface area contributed by atoms with Crippen LogP contribution < -0.4 is 0 Å². The van der Waals surface area contributed by atoms with Crippen molar-refractivity contribution in [1.29, 1.82) is 0 Å². The minimum Gasteiger partial charge on any atom is -0.454 e. The van der Waals surface area contributed by atoms with Gasteiger partial charge < -0.3 is 4.74 Å². The highest BCUT2D eigenvalue weighted by Crippen LogP contribution is 2.27. The summed E-state index contributed by atoms with van der Waals surface area (Å²) in [4.78, 5) is 48.8. The fourth-order valence-corrected chi connectivity index (χ4v) is 3.77. The molecule has 0 atom stereocenters. The number of Topliss-reactive ketones (excluding diaryl/α,β-unsaturated/α-hetero) is 1. The largest absolute Gasteiger partial charge is 0.454 e. The van der Waals surface area contributed by atoms with E-state index in [-0.39, 0.29) is 21.7 Å². The summed E-state index contributed by atoms with van der Waals surface area (Å²) in [5, 5.41) is 11.1. The number of hydrogen-bond donors (Lipinski definition) is 0. The van der Waals surface area contributed by atoms with E-state index in [2.05, 4.69) is 0 Å². The maximum absolute atomic E-state index is 13.0. The van der Waals surface area contributed by atoms with E-state index in [1.54, 1.807) is 24.3 Å². The molecule has 0 spiro atoms. The average molecular weight is 500 g/mol. The number of nitrogens with zero attached hydrogens (tertiary/aromatic N) is 1. The molecule has 0 amide bonds. The maximum Gasteiger partial charge on any atom is 0.339 e. The van der Waals surface area contributed by atoms with Gasteiger partial charge in [-0.1, -0.05) is 84.4 Å². The summed E-state index contributed by atoms with van der Waals surface area (Å²) in [5.74, 6) is -1.89. The van der Waals surface area contributed by atoms with Crippen LogP contribution in [0.4, 0.5) is 5.69 Å². The van der Waals surface area contributed by atoms with Crippen LogP contribution in [0.1, 0.15) is 36.6 Å². The van der Waals surface area contributed by atoms with Crippen molar-refractivity contribution in [3.63, 3.8) is 0 Å². The minimum atomic E-state index is -0.864. The number of halogens is 1. The van der Waals surface area contributed by atoms with E-state index in [0.29, 0.717) is 5.56 Å². The van der Waals surface area contributed by atoms with Gasteiger partial charge in [-0.25, -0.2) is 4.79 Å². The van der Waals surface area contributed by atoms with Crippen LogP contribution in [0.5, 0.6) is 0 Å². The predicted octanol–water partition coefficient (Wildman–Crippen LogP) is 6.19. The number of carbonyl (C=O) groups is 3. The third-order valence-corrected chi connectivity index (χ3v) is 5.76. The Bertz CT molecular complexity index is 1470. The quantitative estimate of drug-likeness (QED) is 0.124. The molecule has 4 aromatic carbocycles. The molecular weight excluding hydrogens is 482 g/mol.